The number of fused-ring (bicyclic) bond motifs is 3. The van der Waals surface area contributed by atoms with Crippen LogP contribution in [0.15, 0.2) is 30.7 Å². The number of hydrogen-bond donors (Lipinski definition) is 1. The smallest absolute Gasteiger partial charge is 0.143 e. The minimum Gasteiger partial charge on any atom is -0.384 e. The zero-order valence-electron chi connectivity index (χ0n) is 18.3. The quantitative estimate of drug-likeness (QED) is 0.401. The fourth-order valence-electron chi connectivity index (χ4n) is 4.46. The number of aliphatic hydroxyl groups excluding tert-OH is 1. The highest BCUT2D eigenvalue weighted by atomic mass is 28.3. The zero-order chi connectivity index (χ0) is 21.3. The number of rotatable bonds is 7. The summed E-state index contributed by atoms with van der Waals surface area (Å²) < 4.78 is 7.99. The van der Waals surface area contributed by atoms with E-state index in [0.717, 1.165) is 66.9 Å². The molecule has 1 aliphatic carbocycles. The van der Waals surface area contributed by atoms with Gasteiger partial charge in [0, 0.05) is 56.2 Å². The van der Waals surface area contributed by atoms with E-state index >= 15 is 0 Å². The van der Waals surface area contributed by atoms with Crippen LogP contribution in [0.3, 0.4) is 0 Å². The monoisotopic (exact) mass is 427 g/mol. The van der Waals surface area contributed by atoms with E-state index in [9.17, 15) is 9.90 Å². The highest BCUT2D eigenvalue weighted by molar-refractivity contribution is 6.76. The van der Waals surface area contributed by atoms with Crippen LogP contribution in [-0.2, 0) is 16.3 Å². The summed E-state index contributed by atoms with van der Waals surface area (Å²) in [6.45, 7) is 8.32. The average Bonchev–Trinajstić information content (AvgIpc) is 3.14. The van der Waals surface area contributed by atoms with E-state index in [1.807, 2.05) is 23.0 Å². The average molecular weight is 428 g/mol. The van der Waals surface area contributed by atoms with Crippen molar-refractivity contribution < 1.29 is 14.6 Å². The van der Waals surface area contributed by atoms with Crippen molar-refractivity contribution in [2.75, 3.05) is 11.5 Å². The van der Waals surface area contributed by atoms with Crippen LogP contribution in [0.25, 0.3) is 11.0 Å². The maximum absolute atomic E-state index is 11.1. The summed E-state index contributed by atoms with van der Waals surface area (Å²) in [5.41, 5.74) is 2.78. The zero-order valence-corrected chi connectivity index (χ0v) is 19.3. The molecule has 1 unspecified atom stereocenters. The molecule has 1 atom stereocenters. The Labute approximate surface area is 179 Å². The third-order valence-corrected chi connectivity index (χ3v) is 8.05. The number of anilines is 1. The summed E-state index contributed by atoms with van der Waals surface area (Å²) in [4.78, 5) is 18.1. The van der Waals surface area contributed by atoms with Crippen LogP contribution in [0.4, 0.5) is 5.69 Å². The summed E-state index contributed by atoms with van der Waals surface area (Å²) in [5, 5.41) is 11.6. The molecule has 162 valence electrons. The number of hydrogen-bond acceptors (Lipinski definition) is 5. The lowest BCUT2D eigenvalue weighted by molar-refractivity contribution is -0.111. The molecule has 0 spiro atoms. The summed E-state index contributed by atoms with van der Waals surface area (Å²) in [6.07, 6.45) is 11.9. The van der Waals surface area contributed by atoms with Crippen LogP contribution < -0.4 is 4.90 Å². The number of aromatic nitrogens is 2. The van der Waals surface area contributed by atoms with Gasteiger partial charge in [0.2, 0.25) is 0 Å². The molecule has 1 aliphatic heterocycles. The van der Waals surface area contributed by atoms with Gasteiger partial charge < -0.3 is 24.1 Å². The third-order valence-electron chi connectivity index (χ3n) is 6.35. The van der Waals surface area contributed by atoms with E-state index in [0.29, 0.717) is 12.8 Å². The lowest BCUT2D eigenvalue weighted by Gasteiger charge is -2.38. The van der Waals surface area contributed by atoms with Crippen LogP contribution in [0.1, 0.15) is 37.4 Å². The minimum atomic E-state index is -1.11. The lowest BCUT2D eigenvalue weighted by Crippen LogP contribution is -2.37. The Kier molecular flexibility index (Phi) is 6.13. The van der Waals surface area contributed by atoms with Gasteiger partial charge >= 0.3 is 0 Å². The normalized spacial score (nSPS) is 24.3. The molecule has 2 aliphatic rings. The number of ether oxygens (including phenoxy) is 1. The first kappa shape index (κ1) is 21.3. The van der Waals surface area contributed by atoms with E-state index in [1.54, 1.807) is 6.20 Å². The second-order valence-corrected chi connectivity index (χ2v) is 15.5. The molecule has 0 radical (unpaired) electrons. The Morgan fingerprint density at radius 1 is 1.27 bits per heavy atom. The molecule has 1 saturated carbocycles. The molecule has 0 saturated heterocycles. The van der Waals surface area contributed by atoms with E-state index in [1.165, 1.54) is 0 Å². The van der Waals surface area contributed by atoms with Gasteiger partial charge in [-0.1, -0.05) is 19.6 Å². The lowest BCUT2D eigenvalue weighted by atomic mass is 9.85. The van der Waals surface area contributed by atoms with E-state index < -0.39 is 14.2 Å². The molecule has 1 N–H and O–H groups in total. The number of nitrogens with zero attached hydrogens (tertiary/aromatic N) is 3. The van der Waals surface area contributed by atoms with Crippen molar-refractivity contribution in [2.45, 2.75) is 70.2 Å². The van der Waals surface area contributed by atoms with Crippen LogP contribution >= 0.6 is 0 Å². The SMILES string of the molecule is C[Si](C)(C)CCOCn1ccc2c3c(cnc21)C(O)C=CN3C1CCC(C=O)CC1. The van der Waals surface area contributed by atoms with Gasteiger partial charge in [-0.2, -0.15) is 0 Å². The predicted molar refractivity (Wildman–Crippen MR) is 122 cm³/mol. The predicted octanol–water partition coefficient (Wildman–Crippen LogP) is 4.47. The fourth-order valence-corrected chi connectivity index (χ4v) is 5.22. The molecule has 1 fully saturated rings. The van der Waals surface area contributed by atoms with Gasteiger partial charge in [0.15, 0.2) is 0 Å². The maximum atomic E-state index is 11.1. The first-order valence-electron chi connectivity index (χ1n) is 11.0. The Morgan fingerprint density at radius 2 is 2.03 bits per heavy atom. The molecule has 3 heterocycles. The van der Waals surface area contributed by atoms with Crippen molar-refractivity contribution in [3.05, 3.63) is 36.3 Å². The van der Waals surface area contributed by atoms with Crippen molar-refractivity contribution in [1.29, 1.82) is 0 Å². The summed E-state index contributed by atoms with van der Waals surface area (Å²) >= 11 is 0. The van der Waals surface area contributed by atoms with Gasteiger partial charge in [0.25, 0.3) is 0 Å². The number of aldehydes is 1. The first-order valence-corrected chi connectivity index (χ1v) is 14.7. The van der Waals surface area contributed by atoms with E-state index in [2.05, 4.69) is 35.6 Å². The Bertz CT molecular complexity index is 926. The van der Waals surface area contributed by atoms with Crippen LogP contribution in [0, 0.1) is 5.92 Å². The van der Waals surface area contributed by atoms with Crippen molar-refractivity contribution in [1.82, 2.24) is 9.55 Å². The maximum Gasteiger partial charge on any atom is 0.143 e. The van der Waals surface area contributed by atoms with Gasteiger partial charge in [-0.3, -0.25) is 0 Å². The minimum absolute atomic E-state index is 0.187. The molecular weight excluding hydrogens is 394 g/mol. The van der Waals surface area contributed by atoms with Crippen molar-refractivity contribution in [2.24, 2.45) is 5.92 Å². The van der Waals surface area contributed by atoms with Crippen molar-refractivity contribution in [3.8, 4) is 0 Å². The summed E-state index contributed by atoms with van der Waals surface area (Å²) in [6, 6.07) is 3.56. The molecule has 0 aromatic carbocycles. The highest BCUT2D eigenvalue weighted by Gasteiger charge is 2.31. The highest BCUT2D eigenvalue weighted by Crippen LogP contribution is 2.41. The Morgan fingerprint density at radius 3 is 2.73 bits per heavy atom. The molecule has 0 amide bonds. The third kappa shape index (κ3) is 4.38. The molecule has 30 heavy (non-hydrogen) atoms. The van der Waals surface area contributed by atoms with Crippen molar-refractivity contribution >= 4 is 31.1 Å². The second-order valence-electron chi connectivity index (χ2n) is 9.83. The van der Waals surface area contributed by atoms with Crippen LogP contribution in [0.2, 0.25) is 25.7 Å². The first-order chi connectivity index (χ1) is 14.4. The van der Waals surface area contributed by atoms with Gasteiger partial charge in [-0.05, 0) is 43.9 Å². The number of aliphatic hydroxyl groups is 1. The summed E-state index contributed by atoms with van der Waals surface area (Å²) in [7, 11) is -1.11. The molecule has 4 rings (SSSR count). The van der Waals surface area contributed by atoms with Gasteiger partial charge in [-0.15, -0.1) is 0 Å². The second kappa shape index (κ2) is 8.65. The summed E-state index contributed by atoms with van der Waals surface area (Å²) in [5.74, 6) is 0.187. The number of pyridine rings is 1. The molecule has 2 aromatic heterocycles. The number of carbonyl (C=O) groups excluding carboxylic acids is 1. The van der Waals surface area contributed by atoms with Crippen LogP contribution in [-0.4, -0.2) is 41.7 Å². The standard InChI is InChI=1S/C23H33N3O3Si/c1-30(2,3)13-12-29-16-25-10-8-19-22-20(14-24-23(19)25)21(28)9-11-26(22)18-6-4-17(15-27)5-7-18/h8-11,14-15,17-18,21,28H,4-7,12-13,16H2,1-3H3. The molecule has 0 bridgehead atoms. The molecular formula is C23H33N3O3Si. The van der Waals surface area contributed by atoms with Gasteiger partial charge in [-0.25, -0.2) is 4.98 Å². The van der Waals surface area contributed by atoms with Gasteiger partial charge in [0.05, 0.1) is 5.69 Å². The molecule has 6 nitrogen and oxygen atoms in total. The van der Waals surface area contributed by atoms with E-state index in [-0.39, 0.29) is 5.92 Å². The Hall–Kier alpha value is -1.96. The topological polar surface area (TPSA) is 67.6 Å². The van der Waals surface area contributed by atoms with Crippen molar-refractivity contribution in [3.63, 3.8) is 0 Å². The Balaban J connectivity index is 1.58. The largest absolute Gasteiger partial charge is 0.384 e. The molecule has 7 heteroatoms. The number of carbonyl (C=O) groups is 1. The fraction of sp³-hybridized carbons (Fsp3) is 0.565. The molecule has 2 aromatic rings. The van der Waals surface area contributed by atoms with E-state index in [4.69, 9.17) is 4.74 Å². The van der Waals surface area contributed by atoms with Gasteiger partial charge in [0.1, 0.15) is 24.8 Å². The van der Waals surface area contributed by atoms with Crippen LogP contribution in [0.5, 0.6) is 0 Å².